The van der Waals surface area contributed by atoms with Crippen LogP contribution in [0.15, 0.2) is 48.5 Å². The Kier molecular flexibility index (Phi) is 4.77. The molecular formula is C21H19N5O3. The molecule has 0 aliphatic heterocycles. The van der Waals surface area contributed by atoms with E-state index in [2.05, 4.69) is 10.3 Å². The largest absolute Gasteiger partial charge is 0.351 e. The Morgan fingerprint density at radius 3 is 2.62 bits per heavy atom. The Labute approximate surface area is 166 Å². The van der Waals surface area contributed by atoms with Gasteiger partial charge >= 0.3 is 0 Å². The van der Waals surface area contributed by atoms with E-state index in [1.54, 1.807) is 30.3 Å². The molecule has 8 heteroatoms. The highest BCUT2D eigenvalue weighted by Crippen LogP contribution is 2.28. The SMILES string of the molecule is CN(C)CCNC(=O)c1cccc2nc3ccc4cc([N+](=O)[O-])ccc4c3nc12. The van der Waals surface area contributed by atoms with Crippen LogP contribution in [0.4, 0.5) is 5.69 Å². The van der Waals surface area contributed by atoms with E-state index in [1.165, 1.54) is 12.1 Å². The number of hydrogen-bond acceptors (Lipinski definition) is 6. The zero-order valence-electron chi connectivity index (χ0n) is 16.0. The topological polar surface area (TPSA) is 101 Å². The van der Waals surface area contributed by atoms with Crippen LogP contribution in [-0.4, -0.2) is 52.9 Å². The number of nitrogens with zero attached hydrogens (tertiary/aromatic N) is 4. The lowest BCUT2D eigenvalue weighted by molar-refractivity contribution is -0.384. The predicted molar refractivity (Wildman–Crippen MR) is 112 cm³/mol. The molecule has 0 radical (unpaired) electrons. The summed E-state index contributed by atoms with van der Waals surface area (Å²) in [5.41, 5.74) is 2.89. The molecule has 1 amide bonds. The lowest BCUT2D eigenvalue weighted by Crippen LogP contribution is -2.31. The minimum absolute atomic E-state index is 0.0200. The van der Waals surface area contributed by atoms with Gasteiger partial charge in [0, 0.05) is 30.6 Å². The number of hydrogen-bond donors (Lipinski definition) is 1. The van der Waals surface area contributed by atoms with Gasteiger partial charge in [-0.3, -0.25) is 14.9 Å². The number of carbonyl (C=O) groups is 1. The third kappa shape index (κ3) is 3.57. The summed E-state index contributed by atoms with van der Waals surface area (Å²) < 4.78 is 0. The van der Waals surface area contributed by atoms with E-state index in [0.29, 0.717) is 39.6 Å². The maximum absolute atomic E-state index is 12.7. The van der Waals surface area contributed by atoms with Gasteiger partial charge in [-0.15, -0.1) is 0 Å². The highest BCUT2D eigenvalue weighted by Gasteiger charge is 2.15. The van der Waals surface area contributed by atoms with E-state index in [9.17, 15) is 14.9 Å². The first-order valence-electron chi connectivity index (χ1n) is 9.14. The standard InChI is InChI=1S/C21H19N5O3/c1-25(2)11-10-22-21(27)16-4-3-5-17-20(16)24-19-15-8-7-14(26(28)29)12-13(15)6-9-18(19)23-17/h3-9,12H,10-11H2,1-2H3,(H,22,27). The molecule has 1 heterocycles. The van der Waals surface area contributed by atoms with Crippen molar-refractivity contribution in [2.75, 3.05) is 27.2 Å². The number of rotatable bonds is 5. The summed E-state index contributed by atoms with van der Waals surface area (Å²) in [5, 5.41) is 15.4. The molecule has 8 nitrogen and oxygen atoms in total. The van der Waals surface area contributed by atoms with Gasteiger partial charge in [-0.2, -0.15) is 0 Å². The first kappa shape index (κ1) is 18.7. The van der Waals surface area contributed by atoms with E-state index in [1.807, 2.05) is 25.1 Å². The summed E-state index contributed by atoms with van der Waals surface area (Å²) in [4.78, 5) is 34.7. The number of benzene rings is 3. The van der Waals surface area contributed by atoms with E-state index < -0.39 is 4.92 Å². The summed E-state index contributed by atoms with van der Waals surface area (Å²) in [6.45, 7) is 1.25. The third-order valence-corrected chi connectivity index (χ3v) is 4.73. The Morgan fingerprint density at radius 2 is 1.86 bits per heavy atom. The van der Waals surface area contributed by atoms with Crippen molar-refractivity contribution >= 4 is 44.4 Å². The lowest BCUT2D eigenvalue weighted by atomic mass is 10.1. The molecule has 0 saturated heterocycles. The van der Waals surface area contributed by atoms with Crippen LogP contribution in [0.25, 0.3) is 32.8 Å². The van der Waals surface area contributed by atoms with Gasteiger partial charge in [0.15, 0.2) is 0 Å². The zero-order valence-corrected chi connectivity index (χ0v) is 16.0. The number of nitro groups is 1. The fraction of sp³-hybridized carbons (Fsp3) is 0.190. The van der Waals surface area contributed by atoms with Crippen molar-refractivity contribution in [1.29, 1.82) is 0 Å². The number of likely N-dealkylation sites (N-methyl/N-ethyl adjacent to an activating group) is 1. The Balaban J connectivity index is 1.85. The molecule has 0 bridgehead atoms. The average molecular weight is 389 g/mol. The number of carbonyl (C=O) groups excluding carboxylic acids is 1. The first-order valence-corrected chi connectivity index (χ1v) is 9.14. The molecule has 1 aromatic heterocycles. The van der Waals surface area contributed by atoms with E-state index in [-0.39, 0.29) is 11.6 Å². The van der Waals surface area contributed by atoms with Crippen LogP contribution in [-0.2, 0) is 0 Å². The van der Waals surface area contributed by atoms with Crippen LogP contribution in [0.1, 0.15) is 10.4 Å². The summed E-state index contributed by atoms with van der Waals surface area (Å²) in [6.07, 6.45) is 0. The zero-order chi connectivity index (χ0) is 20.5. The fourth-order valence-corrected chi connectivity index (χ4v) is 3.26. The smallest absolute Gasteiger partial charge is 0.270 e. The number of aromatic nitrogens is 2. The molecule has 0 atom stereocenters. The molecule has 1 N–H and O–H groups in total. The molecule has 4 aromatic rings. The molecule has 0 aliphatic carbocycles. The molecule has 0 spiro atoms. The number of para-hydroxylation sites is 1. The highest BCUT2D eigenvalue weighted by atomic mass is 16.6. The van der Waals surface area contributed by atoms with Gasteiger partial charge in [0.25, 0.3) is 11.6 Å². The summed E-state index contributed by atoms with van der Waals surface area (Å²) >= 11 is 0. The second-order valence-electron chi connectivity index (χ2n) is 7.05. The van der Waals surface area contributed by atoms with Crippen LogP contribution in [0, 0.1) is 10.1 Å². The monoisotopic (exact) mass is 389 g/mol. The van der Waals surface area contributed by atoms with Crippen molar-refractivity contribution in [2.45, 2.75) is 0 Å². The van der Waals surface area contributed by atoms with Crippen LogP contribution in [0.3, 0.4) is 0 Å². The third-order valence-electron chi connectivity index (χ3n) is 4.73. The van der Waals surface area contributed by atoms with Gasteiger partial charge in [-0.25, -0.2) is 9.97 Å². The van der Waals surface area contributed by atoms with Gasteiger partial charge in [0.05, 0.1) is 27.0 Å². The highest BCUT2D eigenvalue weighted by molar-refractivity contribution is 6.10. The first-order chi connectivity index (χ1) is 13.9. The van der Waals surface area contributed by atoms with Crippen LogP contribution >= 0.6 is 0 Å². The maximum Gasteiger partial charge on any atom is 0.270 e. The number of amides is 1. The summed E-state index contributed by atoms with van der Waals surface area (Å²) in [5.74, 6) is -0.207. The second-order valence-corrected chi connectivity index (χ2v) is 7.05. The molecule has 0 aliphatic rings. The minimum Gasteiger partial charge on any atom is -0.351 e. The average Bonchev–Trinajstić information content (AvgIpc) is 2.70. The number of nitro benzene ring substituents is 1. The second kappa shape index (κ2) is 7.40. The van der Waals surface area contributed by atoms with Crippen LogP contribution < -0.4 is 5.32 Å². The molecule has 0 fully saturated rings. The van der Waals surface area contributed by atoms with Gasteiger partial charge in [-0.1, -0.05) is 12.1 Å². The normalized spacial score (nSPS) is 11.4. The number of fused-ring (bicyclic) bond motifs is 4. The Bertz CT molecular complexity index is 1270. The van der Waals surface area contributed by atoms with E-state index >= 15 is 0 Å². The maximum atomic E-state index is 12.7. The molecule has 4 rings (SSSR count). The van der Waals surface area contributed by atoms with Crippen molar-refractivity contribution < 1.29 is 9.72 Å². The number of non-ortho nitro benzene ring substituents is 1. The molecule has 146 valence electrons. The van der Waals surface area contributed by atoms with Crippen LogP contribution in [0.5, 0.6) is 0 Å². The molecule has 3 aromatic carbocycles. The minimum atomic E-state index is -0.425. The van der Waals surface area contributed by atoms with E-state index in [0.717, 1.165) is 11.9 Å². The van der Waals surface area contributed by atoms with Crippen molar-refractivity contribution in [1.82, 2.24) is 20.2 Å². The van der Waals surface area contributed by atoms with E-state index in [4.69, 9.17) is 4.98 Å². The Morgan fingerprint density at radius 1 is 1.07 bits per heavy atom. The van der Waals surface area contributed by atoms with Crippen molar-refractivity contribution in [3.8, 4) is 0 Å². The molecule has 0 saturated carbocycles. The quantitative estimate of drug-likeness (QED) is 0.244. The summed E-state index contributed by atoms with van der Waals surface area (Å²) in [6, 6.07) is 13.6. The predicted octanol–water partition coefficient (Wildman–Crippen LogP) is 3.14. The van der Waals surface area contributed by atoms with Crippen molar-refractivity contribution in [2.24, 2.45) is 0 Å². The fourth-order valence-electron chi connectivity index (χ4n) is 3.26. The van der Waals surface area contributed by atoms with Crippen molar-refractivity contribution in [3.05, 3.63) is 64.2 Å². The Hall–Kier alpha value is -3.65. The van der Waals surface area contributed by atoms with Gasteiger partial charge in [-0.05, 0) is 43.7 Å². The van der Waals surface area contributed by atoms with Gasteiger partial charge in [0.2, 0.25) is 0 Å². The summed E-state index contributed by atoms with van der Waals surface area (Å²) in [7, 11) is 3.88. The van der Waals surface area contributed by atoms with Crippen molar-refractivity contribution in [3.63, 3.8) is 0 Å². The number of nitrogens with one attached hydrogen (secondary N) is 1. The van der Waals surface area contributed by atoms with Gasteiger partial charge in [0.1, 0.15) is 5.52 Å². The molecule has 0 unspecified atom stereocenters. The molecule has 29 heavy (non-hydrogen) atoms. The molecular weight excluding hydrogens is 370 g/mol. The van der Waals surface area contributed by atoms with Gasteiger partial charge < -0.3 is 10.2 Å². The lowest BCUT2D eigenvalue weighted by Gasteiger charge is -2.12. The van der Waals surface area contributed by atoms with Crippen LogP contribution in [0.2, 0.25) is 0 Å².